The van der Waals surface area contributed by atoms with Crippen LogP contribution in [0.4, 0.5) is 10.1 Å². The van der Waals surface area contributed by atoms with Crippen LogP contribution in [0.15, 0.2) is 70.6 Å². The predicted octanol–water partition coefficient (Wildman–Crippen LogP) is 6.09. The Bertz CT molecular complexity index is 1270. The molecule has 4 rings (SSSR count). The van der Waals surface area contributed by atoms with Crippen LogP contribution in [0, 0.1) is 11.7 Å². The summed E-state index contributed by atoms with van der Waals surface area (Å²) in [6, 6.07) is 12.3. The van der Waals surface area contributed by atoms with Crippen LogP contribution >= 0.6 is 11.3 Å². The number of rotatable bonds is 10. The number of thiophene rings is 1. The maximum atomic E-state index is 14.2. The topological polar surface area (TPSA) is 76.1 Å². The van der Waals surface area contributed by atoms with Gasteiger partial charge in [0.15, 0.2) is 11.5 Å². The van der Waals surface area contributed by atoms with Crippen molar-refractivity contribution in [3.8, 4) is 16.9 Å². The first-order valence-electron chi connectivity index (χ1n) is 11.7. The molecule has 36 heavy (non-hydrogen) atoms. The van der Waals surface area contributed by atoms with E-state index >= 15 is 0 Å². The van der Waals surface area contributed by atoms with Crippen LogP contribution in [0.3, 0.4) is 0 Å². The fraction of sp³-hybridized carbons (Fsp3) is 0.286. The van der Waals surface area contributed by atoms with E-state index in [1.165, 1.54) is 30.2 Å². The zero-order valence-corrected chi connectivity index (χ0v) is 21.2. The molecule has 0 saturated carbocycles. The molecule has 6 nitrogen and oxygen atoms in total. The van der Waals surface area contributed by atoms with Crippen molar-refractivity contribution in [2.24, 2.45) is 5.92 Å². The highest BCUT2D eigenvalue weighted by atomic mass is 32.1. The van der Waals surface area contributed by atoms with Crippen molar-refractivity contribution in [1.29, 1.82) is 0 Å². The summed E-state index contributed by atoms with van der Waals surface area (Å²) >= 11 is 1.59. The van der Waals surface area contributed by atoms with Crippen LogP contribution in [0.1, 0.15) is 31.9 Å². The van der Waals surface area contributed by atoms with Gasteiger partial charge in [-0.3, -0.25) is 14.5 Å². The first kappa shape index (κ1) is 25.6. The van der Waals surface area contributed by atoms with Gasteiger partial charge >= 0.3 is 0 Å². The van der Waals surface area contributed by atoms with Crippen molar-refractivity contribution < 1.29 is 28.6 Å². The third kappa shape index (κ3) is 5.20. The molecule has 0 aliphatic carbocycles. The molecule has 1 N–H and O–H groups in total. The Hall–Kier alpha value is -3.49. The van der Waals surface area contributed by atoms with Crippen LogP contribution in [-0.2, 0) is 14.3 Å². The molecule has 1 unspecified atom stereocenters. The lowest BCUT2D eigenvalue weighted by Crippen LogP contribution is -2.31. The summed E-state index contributed by atoms with van der Waals surface area (Å²) < 4.78 is 25.0. The van der Waals surface area contributed by atoms with Crippen LogP contribution in [0.25, 0.3) is 11.1 Å². The number of hydrogen-bond acceptors (Lipinski definition) is 6. The Labute approximate surface area is 213 Å². The highest BCUT2D eigenvalue weighted by molar-refractivity contribution is 7.08. The molecule has 0 saturated heterocycles. The number of halogens is 1. The van der Waals surface area contributed by atoms with E-state index in [1.54, 1.807) is 23.5 Å². The maximum Gasteiger partial charge on any atom is 0.294 e. The van der Waals surface area contributed by atoms with E-state index in [2.05, 4.69) is 0 Å². The predicted molar refractivity (Wildman–Crippen MR) is 138 cm³/mol. The molecule has 0 bridgehead atoms. The lowest BCUT2D eigenvalue weighted by molar-refractivity contribution is -0.118. The second-order valence-corrected chi connectivity index (χ2v) is 9.72. The number of anilines is 1. The third-order valence-corrected chi connectivity index (χ3v) is 6.60. The number of carbonyl (C=O) groups is 2. The number of Topliss-reactive ketones (excluding diaryl/α,β-unsaturated/α-hetero) is 1. The fourth-order valence-electron chi connectivity index (χ4n) is 4.27. The van der Waals surface area contributed by atoms with Crippen molar-refractivity contribution in [3.63, 3.8) is 0 Å². The summed E-state index contributed by atoms with van der Waals surface area (Å²) in [4.78, 5) is 28.0. The molecule has 1 aromatic heterocycles. The van der Waals surface area contributed by atoms with Crippen LogP contribution in [0.5, 0.6) is 5.75 Å². The molecule has 0 radical (unpaired) electrons. The molecule has 1 aliphatic rings. The van der Waals surface area contributed by atoms with Crippen LogP contribution in [-0.4, -0.2) is 37.1 Å². The molecule has 0 spiro atoms. The van der Waals surface area contributed by atoms with Crippen molar-refractivity contribution in [1.82, 2.24) is 0 Å². The number of methoxy groups -OCH3 is 1. The van der Waals surface area contributed by atoms with Gasteiger partial charge in [0.1, 0.15) is 18.2 Å². The third-order valence-electron chi connectivity index (χ3n) is 5.92. The number of hydrogen-bond donors (Lipinski definition) is 1. The monoisotopic (exact) mass is 509 g/mol. The highest BCUT2D eigenvalue weighted by Crippen LogP contribution is 2.45. The molecule has 8 heteroatoms. The van der Waals surface area contributed by atoms with Gasteiger partial charge in [-0.15, -0.1) is 0 Å². The highest BCUT2D eigenvalue weighted by Gasteiger charge is 2.45. The largest absolute Gasteiger partial charge is 0.503 e. The molecule has 3 aromatic rings. The van der Waals surface area contributed by atoms with Gasteiger partial charge in [-0.2, -0.15) is 11.3 Å². The van der Waals surface area contributed by atoms with Gasteiger partial charge in [0, 0.05) is 30.8 Å². The van der Waals surface area contributed by atoms with Crippen LogP contribution < -0.4 is 9.64 Å². The molecular formula is C28H28FNO5S. The Morgan fingerprint density at radius 1 is 1.11 bits per heavy atom. The molecule has 0 fully saturated rings. The summed E-state index contributed by atoms with van der Waals surface area (Å²) in [5, 5.41) is 14.9. The molecule has 2 aromatic carbocycles. The van der Waals surface area contributed by atoms with Gasteiger partial charge < -0.3 is 14.6 Å². The summed E-state index contributed by atoms with van der Waals surface area (Å²) in [7, 11) is 1.52. The number of ether oxygens (including phenoxy) is 2. The van der Waals surface area contributed by atoms with E-state index in [9.17, 15) is 19.1 Å². The zero-order valence-electron chi connectivity index (χ0n) is 20.4. The Balaban J connectivity index is 1.81. The quantitative estimate of drug-likeness (QED) is 0.335. The lowest BCUT2D eigenvalue weighted by atomic mass is 9.91. The molecule has 1 aliphatic heterocycles. The normalized spacial score (nSPS) is 15.8. The number of benzene rings is 2. The molecule has 188 valence electrons. The van der Waals surface area contributed by atoms with Gasteiger partial charge in [-0.1, -0.05) is 26.0 Å². The Morgan fingerprint density at radius 2 is 1.86 bits per heavy atom. The van der Waals surface area contributed by atoms with Crippen molar-refractivity contribution >= 4 is 28.7 Å². The fourth-order valence-corrected chi connectivity index (χ4v) is 4.93. The maximum absolute atomic E-state index is 14.2. The van der Waals surface area contributed by atoms with E-state index < -0.39 is 23.5 Å². The molecule has 1 atom stereocenters. The number of aliphatic hydroxyl groups is 1. The second-order valence-electron chi connectivity index (χ2n) is 8.94. The lowest BCUT2D eigenvalue weighted by Gasteiger charge is -2.28. The Kier molecular flexibility index (Phi) is 7.86. The van der Waals surface area contributed by atoms with E-state index in [0.717, 1.165) is 11.1 Å². The first-order chi connectivity index (χ1) is 17.3. The number of nitrogens with zero attached hydrogens (tertiary/aromatic N) is 1. The Morgan fingerprint density at radius 3 is 2.50 bits per heavy atom. The number of amides is 1. The van der Waals surface area contributed by atoms with Gasteiger partial charge in [0.25, 0.3) is 5.91 Å². The van der Waals surface area contributed by atoms with Crippen molar-refractivity contribution in [2.45, 2.75) is 26.3 Å². The zero-order chi connectivity index (χ0) is 25.8. The summed E-state index contributed by atoms with van der Waals surface area (Å²) in [5.74, 6) is -1.97. The summed E-state index contributed by atoms with van der Waals surface area (Å²) in [6.45, 7) is 4.19. The van der Waals surface area contributed by atoms with Crippen molar-refractivity contribution in [3.05, 3.63) is 82.0 Å². The number of aliphatic hydroxyl groups excluding tert-OH is 1. The molecule has 2 heterocycles. The number of carbonyl (C=O) groups excluding carboxylic acids is 2. The average Bonchev–Trinajstić information content (AvgIpc) is 3.47. The van der Waals surface area contributed by atoms with E-state index in [1.807, 2.05) is 42.8 Å². The van der Waals surface area contributed by atoms with Gasteiger partial charge in [-0.25, -0.2) is 4.39 Å². The second kappa shape index (κ2) is 11.1. The van der Waals surface area contributed by atoms with Crippen molar-refractivity contribution in [2.75, 3.05) is 25.2 Å². The minimum absolute atomic E-state index is 0.0122. The van der Waals surface area contributed by atoms with E-state index in [4.69, 9.17) is 9.47 Å². The minimum atomic E-state index is -0.978. The summed E-state index contributed by atoms with van der Waals surface area (Å²) in [5.41, 5.74) is 2.91. The van der Waals surface area contributed by atoms with Crippen LogP contribution in [0.2, 0.25) is 0 Å². The van der Waals surface area contributed by atoms with Gasteiger partial charge in [-0.05, 0) is 58.1 Å². The van der Waals surface area contributed by atoms with Gasteiger partial charge in [0.05, 0.1) is 18.2 Å². The average molecular weight is 510 g/mol. The van der Waals surface area contributed by atoms with Gasteiger partial charge in [0.2, 0.25) is 0 Å². The SMILES string of the molecule is COCCOc1cc(F)ccc1C1C(C(=O)CC(C)C)=C(O)C(=O)N1c1ccc(-c2ccsc2)cc1. The van der Waals surface area contributed by atoms with E-state index in [-0.39, 0.29) is 42.7 Å². The smallest absolute Gasteiger partial charge is 0.294 e. The summed E-state index contributed by atoms with van der Waals surface area (Å²) in [6.07, 6.45) is 0.148. The molecule has 1 amide bonds. The van der Waals surface area contributed by atoms with E-state index in [0.29, 0.717) is 11.3 Å². The standard InChI is InChI=1S/C28H28FNO5S/c1-17(2)14-23(31)25-26(22-9-6-20(29)15-24(22)35-12-11-34-3)30(28(33)27(25)32)21-7-4-18(5-8-21)19-10-13-36-16-19/h4-10,13,15-17,26,32H,11-12,14H2,1-3H3. The molecular weight excluding hydrogens is 481 g/mol. The first-order valence-corrected chi connectivity index (χ1v) is 12.6. The minimum Gasteiger partial charge on any atom is -0.503 e. The number of ketones is 1.